The number of ether oxygens (including phenoxy) is 2. The number of fused-ring (bicyclic) bond motifs is 5. The number of hydrogen-bond acceptors (Lipinski definition) is 18. The Hall–Kier alpha value is -2.43. The van der Waals surface area contributed by atoms with E-state index in [0.717, 1.165) is 0 Å². The second kappa shape index (κ2) is 11.4. The number of imidazole rings is 2. The second-order valence-corrected chi connectivity index (χ2v) is 16.1. The quantitative estimate of drug-likeness (QED) is 0.144. The summed E-state index contributed by atoms with van der Waals surface area (Å²) in [5, 5.41) is 22.4. The molecule has 0 saturated carbocycles. The van der Waals surface area contributed by atoms with Crippen LogP contribution in [0.5, 0.6) is 0 Å². The van der Waals surface area contributed by atoms with Gasteiger partial charge in [-0.1, -0.05) is 12.2 Å². The second-order valence-electron chi connectivity index (χ2n) is 10.4. The number of ketones is 1. The number of carbonyl (C=O) groups excluding carboxylic acids is 1. The van der Waals surface area contributed by atoms with Crippen LogP contribution in [-0.4, -0.2) is 106 Å². The first-order valence-electron chi connectivity index (χ1n) is 13.2. The van der Waals surface area contributed by atoms with Gasteiger partial charge in [-0.15, -0.1) is 0 Å². The van der Waals surface area contributed by atoms with Gasteiger partial charge >= 0.3 is 13.5 Å². The molecule has 3 saturated heterocycles. The van der Waals surface area contributed by atoms with Crippen LogP contribution in [0.25, 0.3) is 11.2 Å². The molecule has 0 aliphatic carbocycles. The Morgan fingerprint density at radius 2 is 1.69 bits per heavy atom. The maximum absolute atomic E-state index is 13.4. The Morgan fingerprint density at radius 1 is 0.956 bits per heavy atom. The maximum Gasteiger partial charge on any atom is 0.386 e. The largest absolute Gasteiger partial charge is 0.387 e. The Labute approximate surface area is 262 Å². The minimum Gasteiger partial charge on any atom is -0.387 e. The van der Waals surface area contributed by atoms with Crippen molar-refractivity contribution < 1.29 is 52.0 Å². The topological polar surface area (TPSA) is 276 Å². The molecule has 4 aliphatic rings. The number of aliphatic hydroxyl groups excluding tert-OH is 2. The molecule has 10 atom stereocenters. The number of aliphatic hydroxyl groups is 2. The highest BCUT2D eigenvalue weighted by molar-refractivity contribution is 8.44. The zero-order chi connectivity index (χ0) is 31.8. The number of anilines is 1. The molecular weight excluding hydrogens is 680 g/mol. The first kappa shape index (κ1) is 31.2. The van der Waals surface area contributed by atoms with Gasteiger partial charge in [0.25, 0.3) is 0 Å². The van der Waals surface area contributed by atoms with Crippen molar-refractivity contribution >= 4 is 72.0 Å². The van der Waals surface area contributed by atoms with Crippen molar-refractivity contribution in [1.82, 2.24) is 29.1 Å². The lowest BCUT2D eigenvalue weighted by atomic mass is 10.1. The average Bonchev–Trinajstić information content (AvgIpc) is 3.72. The summed E-state index contributed by atoms with van der Waals surface area (Å²) in [6, 6.07) is 0. The summed E-state index contributed by atoms with van der Waals surface area (Å²) in [4.78, 5) is 44.0. The van der Waals surface area contributed by atoms with Gasteiger partial charge < -0.3 is 40.6 Å². The number of carbonyl (C=O) groups is 1. The van der Waals surface area contributed by atoms with E-state index >= 15 is 0 Å². The molecule has 2 unspecified atom stereocenters. The Balaban J connectivity index is 1.19. The van der Waals surface area contributed by atoms with E-state index in [0.29, 0.717) is 0 Å². The SMILES string of the molecule is NC1=Nc2c(ncn2[C@@H]2O[C@@H]3COP(O)(=S)O[C@@H]4[C@H](O)[C@@H](COP(=O)(S)O[C@H]3[C@H]2O)O[C@H]4n2cnc3c(N)ncnc32)C(=O)C1. The van der Waals surface area contributed by atoms with E-state index < -0.39 is 75.8 Å². The van der Waals surface area contributed by atoms with Gasteiger partial charge in [0.2, 0.25) is 0 Å². The van der Waals surface area contributed by atoms with Gasteiger partial charge in [-0.05, 0) is 11.8 Å². The van der Waals surface area contributed by atoms with Gasteiger partial charge in [0.05, 0.1) is 32.3 Å². The van der Waals surface area contributed by atoms with Crippen molar-refractivity contribution in [2.45, 2.75) is 55.5 Å². The molecule has 7 rings (SSSR count). The zero-order valence-electron chi connectivity index (χ0n) is 22.6. The molecule has 7 heterocycles. The molecule has 45 heavy (non-hydrogen) atoms. The van der Waals surface area contributed by atoms with E-state index in [9.17, 15) is 24.5 Å². The van der Waals surface area contributed by atoms with Gasteiger partial charge in [0.1, 0.15) is 54.3 Å². The van der Waals surface area contributed by atoms with E-state index in [1.807, 2.05) is 0 Å². The van der Waals surface area contributed by atoms with Crippen LogP contribution in [0.2, 0.25) is 0 Å². The summed E-state index contributed by atoms with van der Waals surface area (Å²) in [6.07, 6.45) is -7.23. The number of aromatic nitrogens is 6. The van der Waals surface area contributed by atoms with Crippen molar-refractivity contribution in [1.29, 1.82) is 0 Å². The van der Waals surface area contributed by atoms with Gasteiger partial charge in [0, 0.05) is 0 Å². The average molecular weight is 706 g/mol. The van der Waals surface area contributed by atoms with Crippen LogP contribution in [0, 0.1) is 0 Å². The number of nitrogen functional groups attached to an aromatic ring is 1. The number of nitrogens with zero attached hydrogens (tertiary/aromatic N) is 7. The molecule has 4 aliphatic heterocycles. The molecule has 242 valence electrons. The van der Waals surface area contributed by atoms with Gasteiger partial charge in [-0.3, -0.25) is 27.5 Å². The van der Waals surface area contributed by atoms with Crippen molar-refractivity contribution in [3.05, 3.63) is 24.7 Å². The number of Topliss-reactive ketones (excluding diaryl/α,β-unsaturated/α-hetero) is 1. The number of aliphatic imine (C=N–C) groups is 1. The summed E-state index contributed by atoms with van der Waals surface area (Å²) in [5.41, 5.74) is 12.2. The maximum atomic E-state index is 13.4. The van der Waals surface area contributed by atoms with E-state index in [1.54, 1.807) is 0 Å². The summed E-state index contributed by atoms with van der Waals surface area (Å²) in [6.45, 7) is -9.63. The summed E-state index contributed by atoms with van der Waals surface area (Å²) < 4.78 is 50.5. The Kier molecular flexibility index (Phi) is 7.88. The smallest absolute Gasteiger partial charge is 0.386 e. The monoisotopic (exact) mass is 705 g/mol. The highest BCUT2D eigenvalue weighted by Gasteiger charge is 2.53. The van der Waals surface area contributed by atoms with E-state index in [1.165, 1.54) is 28.1 Å². The molecule has 20 nitrogen and oxygen atoms in total. The molecule has 0 aromatic carbocycles. The fraction of sp³-hybridized carbons (Fsp3) is 0.524. The van der Waals surface area contributed by atoms with E-state index in [2.05, 4.69) is 37.2 Å². The van der Waals surface area contributed by atoms with Crippen LogP contribution >= 0.6 is 25.8 Å². The van der Waals surface area contributed by atoms with Crippen LogP contribution in [-0.2, 0) is 43.9 Å². The molecule has 0 amide bonds. The molecule has 0 spiro atoms. The lowest BCUT2D eigenvalue weighted by Gasteiger charge is -2.27. The third-order valence-electron chi connectivity index (χ3n) is 7.49. The van der Waals surface area contributed by atoms with E-state index in [-0.39, 0.29) is 46.5 Å². The van der Waals surface area contributed by atoms with Crippen molar-refractivity contribution in [3.63, 3.8) is 0 Å². The Bertz CT molecular complexity index is 1810. The highest BCUT2D eigenvalue weighted by Crippen LogP contribution is 2.58. The summed E-state index contributed by atoms with van der Waals surface area (Å²) in [5.74, 6) is -0.220. The van der Waals surface area contributed by atoms with Crippen molar-refractivity contribution in [3.8, 4) is 0 Å². The summed E-state index contributed by atoms with van der Waals surface area (Å²) >= 11 is 9.32. The summed E-state index contributed by atoms with van der Waals surface area (Å²) in [7, 11) is 0. The van der Waals surface area contributed by atoms with Crippen LogP contribution in [0.4, 0.5) is 11.6 Å². The predicted octanol–water partition coefficient (Wildman–Crippen LogP) is -0.531. The fourth-order valence-corrected chi connectivity index (χ4v) is 8.34. The van der Waals surface area contributed by atoms with Crippen LogP contribution < -0.4 is 11.5 Å². The molecule has 24 heteroatoms. The molecule has 3 aromatic heterocycles. The first-order chi connectivity index (χ1) is 21.3. The van der Waals surface area contributed by atoms with Gasteiger partial charge in [-0.2, -0.15) is 0 Å². The third-order valence-corrected chi connectivity index (χ3v) is 10.7. The molecule has 3 aromatic rings. The van der Waals surface area contributed by atoms with Crippen LogP contribution in [0.3, 0.4) is 0 Å². The fourth-order valence-electron chi connectivity index (χ4n) is 5.44. The molecule has 3 fully saturated rings. The number of rotatable bonds is 2. The number of thiol groups is 1. The minimum absolute atomic E-state index is 0.0187. The number of nitrogens with two attached hydrogens (primary N) is 2. The van der Waals surface area contributed by atoms with Crippen LogP contribution in [0.1, 0.15) is 29.4 Å². The molecule has 7 N–H and O–H groups in total. The zero-order valence-corrected chi connectivity index (χ0v) is 26.1. The molecule has 0 radical (unpaired) electrons. The molecular formula is C21H25N9O11P2S2. The minimum atomic E-state index is -4.32. The van der Waals surface area contributed by atoms with Crippen LogP contribution in [0.15, 0.2) is 24.0 Å². The first-order valence-corrected chi connectivity index (χ1v) is 18.4. The van der Waals surface area contributed by atoms with Gasteiger partial charge in [-0.25, -0.2) is 29.5 Å². The standard InChI is InChI=1S/C21H25N9O11P2S2/c22-10-1-7(31)11-19(28-10)30(5-26-11)20-14(33)15-9(39-20)3-37-43(35,45)41-16-13(32)8(2-36-42(34,44)40-15)38-21(16)29-6-27-12-17(23)24-4-25-18(12)29/h4-6,8-9,13-16,20-21,32-33H,1-3H2,(H2,22,28)(H,34,44)(H,35,45)(H2,23,24,25)/t8-,9-,13-,14-,15-,16-,20-,21-,42?,43?/m1/s1. The third kappa shape index (κ3) is 5.63. The molecule has 2 bridgehead atoms. The Morgan fingerprint density at radius 3 is 2.49 bits per heavy atom. The van der Waals surface area contributed by atoms with Gasteiger partial charge in [0.15, 0.2) is 41.2 Å². The normalized spacial score (nSPS) is 39.0. The lowest BCUT2D eigenvalue weighted by molar-refractivity contribution is -0.0598. The number of hydrogen-bond donors (Lipinski definition) is 6. The highest BCUT2D eigenvalue weighted by atomic mass is 32.7. The van der Waals surface area contributed by atoms with E-state index in [4.69, 9.17) is 50.8 Å². The number of amidine groups is 1. The lowest BCUT2D eigenvalue weighted by Crippen LogP contribution is -2.36. The van der Waals surface area contributed by atoms with Crippen molar-refractivity contribution in [2.75, 3.05) is 18.9 Å². The predicted molar refractivity (Wildman–Crippen MR) is 157 cm³/mol. The van der Waals surface area contributed by atoms with Crippen molar-refractivity contribution in [2.24, 2.45) is 10.7 Å².